The minimum absolute atomic E-state index is 0.0145. The van der Waals surface area contributed by atoms with Crippen molar-refractivity contribution in [1.82, 2.24) is 15.0 Å². The molecular weight excluding hydrogens is 412 g/mol. The number of aromatic nitrogens is 3. The number of anilines is 1. The average molecular weight is 439 g/mol. The van der Waals surface area contributed by atoms with Gasteiger partial charge in [-0.2, -0.15) is 0 Å². The molecule has 0 aliphatic carbocycles. The number of pyridine rings is 2. The molecule has 0 amide bonds. The lowest BCUT2D eigenvalue weighted by Gasteiger charge is -2.25. The molecule has 162 valence electrons. The fourth-order valence-corrected chi connectivity index (χ4v) is 4.93. The monoisotopic (exact) mass is 438 g/mol. The van der Waals surface area contributed by atoms with Gasteiger partial charge in [-0.15, -0.1) is 11.3 Å². The van der Waals surface area contributed by atoms with Crippen LogP contribution in [0.3, 0.4) is 0 Å². The Morgan fingerprint density at radius 1 is 1.35 bits per heavy atom. The Morgan fingerprint density at radius 3 is 3.03 bits per heavy atom. The normalized spacial score (nSPS) is 16.2. The summed E-state index contributed by atoms with van der Waals surface area (Å²) in [6, 6.07) is 8.17. The Hall–Kier alpha value is -3.00. The lowest BCUT2D eigenvalue weighted by Crippen LogP contribution is -2.26. The maximum atomic E-state index is 11.4. The van der Waals surface area contributed by atoms with Crippen molar-refractivity contribution in [1.29, 1.82) is 0 Å². The second-order valence-corrected chi connectivity index (χ2v) is 8.63. The van der Waals surface area contributed by atoms with E-state index in [9.17, 15) is 9.90 Å². The third-order valence-electron chi connectivity index (χ3n) is 5.60. The van der Waals surface area contributed by atoms with Gasteiger partial charge in [0.15, 0.2) is 0 Å². The van der Waals surface area contributed by atoms with Gasteiger partial charge in [0.1, 0.15) is 10.8 Å². The maximum absolute atomic E-state index is 11.4. The number of nitrogens with one attached hydrogen (secondary N) is 1. The molecule has 2 N–H and O–H groups in total. The van der Waals surface area contributed by atoms with Crippen molar-refractivity contribution in [3.8, 4) is 5.88 Å². The number of carboxylic acid groups (broad SMARTS) is 1. The number of methoxy groups -OCH3 is 1. The van der Waals surface area contributed by atoms with Crippen LogP contribution < -0.4 is 10.1 Å². The molecule has 1 aliphatic rings. The van der Waals surface area contributed by atoms with Crippen LogP contribution in [0.5, 0.6) is 5.88 Å². The van der Waals surface area contributed by atoms with Gasteiger partial charge in [0.2, 0.25) is 5.88 Å². The van der Waals surface area contributed by atoms with Gasteiger partial charge in [-0.25, -0.2) is 15.0 Å². The quantitative estimate of drug-likeness (QED) is 0.514. The van der Waals surface area contributed by atoms with Crippen molar-refractivity contribution in [2.45, 2.75) is 50.5 Å². The summed E-state index contributed by atoms with van der Waals surface area (Å²) in [5, 5.41) is 15.8. The minimum Gasteiger partial charge on any atom is -0.481 e. The van der Waals surface area contributed by atoms with Gasteiger partial charge in [-0.1, -0.05) is 12.1 Å². The smallest absolute Gasteiger partial charge is 0.304 e. The molecule has 0 saturated heterocycles. The maximum Gasteiger partial charge on any atom is 0.304 e. The van der Waals surface area contributed by atoms with Gasteiger partial charge in [-0.05, 0) is 49.3 Å². The molecule has 0 unspecified atom stereocenters. The van der Waals surface area contributed by atoms with Crippen molar-refractivity contribution in [2.75, 3.05) is 12.4 Å². The molecular formula is C23H26N4O3S. The Morgan fingerprint density at radius 2 is 2.26 bits per heavy atom. The molecule has 31 heavy (non-hydrogen) atoms. The van der Waals surface area contributed by atoms with Crippen LogP contribution in [0, 0.1) is 0 Å². The largest absolute Gasteiger partial charge is 0.481 e. The standard InChI is InChI=1S/C23H26N4O3S/c1-30-20-10-8-16(13-25-20)19(12-21(28)29)23-27-18(14-31-23)6-2-5-17-9-7-15-4-3-11-24-22(15)26-17/h3-4,8,10-11,13-14,17,19H,2,5-7,9,12H2,1H3,(H,24,26)(H,28,29)/t17-,19+/m1/s1. The number of ether oxygens (including phenoxy) is 1. The van der Waals surface area contributed by atoms with E-state index in [1.807, 2.05) is 23.7 Å². The molecule has 2 atom stereocenters. The van der Waals surface area contributed by atoms with Crippen molar-refractivity contribution >= 4 is 23.1 Å². The number of hydrogen-bond donors (Lipinski definition) is 2. The fraction of sp³-hybridized carbons (Fsp3) is 0.391. The summed E-state index contributed by atoms with van der Waals surface area (Å²) in [6.45, 7) is 0. The molecule has 0 bridgehead atoms. The Bertz CT molecular complexity index is 1020. The van der Waals surface area contributed by atoms with E-state index in [4.69, 9.17) is 9.72 Å². The molecule has 0 aromatic carbocycles. The zero-order valence-corrected chi connectivity index (χ0v) is 18.3. The molecule has 4 rings (SSSR count). The minimum atomic E-state index is -0.852. The Balaban J connectivity index is 1.36. The van der Waals surface area contributed by atoms with E-state index >= 15 is 0 Å². The molecule has 0 saturated carbocycles. The van der Waals surface area contributed by atoms with Crippen LogP contribution in [-0.4, -0.2) is 39.2 Å². The summed E-state index contributed by atoms with van der Waals surface area (Å²) in [4.78, 5) is 24.9. The summed E-state index contributed by atoms with van der Waals surface area (Å²) < 4.78 is 5.10. The summed E-state index contributed by atoms with van der Waals surface area (Å²) in [5.74, 6) is 0.359. The van der Waals surface area contributed by atoms with Crippen LogP contribution >= 0.6 is 11.3 Å². The summed E-state index contributed by atoms with van der Waals surface area (Å²) in [7, 11) is 1.56. The van der Waals surface area contributed by atoms with Gasteiger partial charge in [0.05, 0.1) is 19.2 Å². The first-order valence-electron chi connectivity index (χ1n) is 10.5. The molecule has 3 aromatic rings. The van der Waals surface area contributed by atoms with E-state index in [0.29, 0.717) is 11.9 Å². The lowest BCUT2D eigenvalue weighted by atomic mass is 9.96. The van der Waals surface area contributed by atoms with Crippen molar-refractivity contribution in [2.24, 2.45) is 0 Å². The highest BCUT2D eigenvalue weighted by Gasteiger charge is 2.22. The van der Waals surface area contributed by atoms with Crippen LogP contribution in [-0.2, 0) is 17.6 Å². The molecule has 8 heteroatoms. The highest BCUT2D eigenvalue weighted by Crippen LogP contribution is 2.31. The highest BCUT2D eigenvalue weighted by atomic mass is 32.1. The number of hydrogen-bond acceptors (Lipinski definition) is 7. The predicted octanol–water partition coefficient (Wildman–Crippen LogP) is 4.30. The van der Waals surface area contributed by atoms with Crippen molar-refractivity contribution in [3.05, 3.63) is 63.9 Å². The number of carbonyl (C=O) groups is 1. The van der Waals surface area contributed by atoms with E-state index in [-0.39, 0.29) is 12.3 Å². The zero-order valence-electron chi connectivity index (χ0n) is 17.5. The van der Waals surface area contributed by atoms with E-state index < -0.39 is 5.97 Å². The second kappa shape index (κ2) is 9.87. The molecule has 1 aliphatic heterocycles. The molecule has 0 radical (unpaired) electrons. The Labute approximate surface area is 185 Å². The van der Waals surface area contributed by atoms with Crippen LogP contribution in [0.4, 0.5) is 5.82 Å². The van der Waals surface area contributed by atoms with Gasteiger partial charge < -0.3 is 15.2 Å². The Kier molecular flexibility index (Phi) is 6.76. The molecule has 0 spiro atoms. The average Bonchev–Trinajstić information content (AvgIpc) is 3.26. The fourth-order valence-electron chi connectivity index (χ4n) is 3.95. The topological polar surface area (TPSA) is 97.2 Å². The number of rotatable bonds is 9. The molecule has 0 fully saturated rings. The van der Waals surface area contributed by atoms with E-state index in [2.05, 4.69) is 21.4 Å². The third-order valence-corrected chi connectivity index (χ3v) is 6.60. The molecule has 4 heterocycles. The number of thiazole rings is 1. The summed E-state index contributed by atoms with van der Waals surface area (Å²) in [6.07, 6.45) is 8.63. The highest BCUT2D eigenvalue weighted by molar-refractivity contribution is 7.09. The first-order valence-corrected chi connectivity index (χ1v) is 11.4. The first-order chi connectivity index (χ1) is 15.1. The number of carboxylic acids is 1. The van der Waals surface area contributed by atoms with E-state index in [0.717, 1.165) is 54.2 Å². The second-order valence-electron chi connectivity index (χ2n) is 7.74. The van der Waals surface area contributed by atoms with E-state index in [1.54, 1.807) is 19.4 Å². The van der Waals surface area contributed by atoms with Crippen LogP contribution in [0.2, 0.25) is 0 Å². The molecule has 3 aromatic heterocycles. The summed E-state index contributed by atoms with van der Waals surface area (Å²) >= 11 is 1.52. The van der Waals surface area contributed by atoms with Gasteiger partial charge in [0.25, 0.3) is 0 Å². The number of nitrogens with zero attached hydrogens (tertiary/aromatic N) is 3. The summed E-state index contributed by atoms with van der Waals surface area (Å²) in [5.41, 5.74) is 3.15. The zero-order chi connectivity index (χ0) is 21.6. The number of aliphatic carboxylic acids is 1. The first kappa shape index (κ1) is 21.2. The number of aryl methyl sites for hydroxylation is 2. The van der Waals surface area contributed by atoms with Crippen LogP contribution in [0.25, 0.3) is 0 Å². The van der Waals surface area contributed by atoms with Gasteiger partial charge in [0, 0.05) is 35.8 Å². The van der Waals surface area contributed by atoms with Crippen LogP contribution in [0.1, 0.15) is 53.4 Å². The van der Waals surface area contributed by atoms with Crippen LogP contribution in [0.15, 0.2) is 42.0 Å². The van der Waals surface area contributed by atoms with E-state index in [1.165, 1.54) is 16.9 Å². The van der Waals surface area contributed by atoms with Crippen molar-refractivity contribution < 1.29 is 14.6 Å². The van der Waals surface area contributed by atoms with Crippen molar-refractivity contribution in [3.63, 3.8) is 0 Å². The molecule has 7 nitrogen and oxygen atoms in total. The lowest BCUT2D eigenvalue weighted by molar-refractivity contribution is -0.137. The third kappa shape index (κ3) is 5.38. The predicted molar refractivity (Wildman–Crippen MR) is 120 cm³/mol. The van der Waals surface area contributed by atoms with Gasteiger partial charge in [-0.3, -0.25) is 4.79 Å². The SMILES string of the molecule is COc1ccc([C@H](CC(=O)O)c2nc(CCC[C@@H]3CCc4cccnc4N3)cs2)cn1. The van der Waals surface area contributed by atoms with Gasteiger partial charge >= 0.3 is 5.97 Å². The number of fused-ring (bicyclic) bond motifs is 1.